The minimum atomic E-state index is -0.742. The third-order valence-corrected chi connectivity index (χ3v) is 3.79. The standard InChI is InChI=1S/C17H22FN5O2/c1-10(2)15(21-17(19)25)16(24)20-8-12-9-23(22-11(12)3)14-6-4-13(18)5-7-14/h4-7,9-10,15H,8H2,1-3H3,(H,20,24)(H3,19,21,25)/t15-/m0/s1. The molecule has 0 radical (unpaired) electrons. The molecule has 0 bridgehead atoms. The van der Waals surface area contributed by atoms with Gasteiger partial charge in [0.05, 0.1) is 11.4 Å². The van der Waals surface area contributed by atoms with Gasteiger partial charge in [-0.2, -0.15) is 5.10 Å². The molecular weight excluding hydrogens is 325 g/mol. The third-order valence-electron chi connectivity index (χ3n) is 3.79. The van der Waals surface area contributed by atoms with Crippen LogP contribution in [-0.2, 0) is 11.3 Å². The predicted molar refractivity (Wildman–Crippen MR) is 91.5 cm³/mol. The van der Waals surface area contributed by atoms with Crippen LogP contribution < -0.4 is 16.4 Å². The van der Waals surface area contributed by atoms with Crippen LogP contribution in [0.15, 0.2) is 30.5 Å². The van der Waals surface area contributed by atoms with Crippen LogP contribution in [0.1, 0.15) is 25.1 Å². The molecular formula is C17H22FN5O2. The van der Waals surface area contributed by atoms with Crippen molar-refractivity contribution in [3.05, 3.63) is 47.5 Å². The summed E-state index contributed by atoms with van der Waals surface area (Å²) in [6, 6.07) is 4.51. The number of urea groups is 1. The summed E-state index contributed by atoms with van der Waals surface area (Å²) in [5.74, 6) is -0.736. The van der Waals surface area contributed by atoms with Crippen molar-refractivity contribution >= 4 is 11.9 Å². The lowest BCUT2D eigenvalue weighted by atomic mass is 10.0. The van der Waals surface area contributed by atoms with Crippen LogP contribution in [0.4, 0.5) is 9.18 Å². The van der Waals surface area contributed by atoms with E-state index in [2.05, 4.69) is 15.7 Å². The number of nitrogens with two attached hydrogens (primary N) is 1. The van der Waals surface area contributed by atoms with Crippen molar-refractivity contribution in [3.8, 4) is 5.69 Å². The van der Waals surface area contributed by atoms with Gasteiger partial charge in [-0.3, -0.25) is 4.79 Å². The van der Waals surface area contributed by atoms with Crippen LogP contribution in [0, 0.1) is 18.7 Å². The van der Waals surface area contributed by atoms with Gasteiger partial charge in [-0.05, 0) is 37.1 Å². The molecule has 0 spiro atoms. The normalized spacial score (nSPS) is 12.0. The van der Waals surface area contributed by atoms with Crippen LogP contribution in [-0.4, -0.2) is 27.8 Å². The molecule has 134 valence electrons. The second-order valence-corrected chi connectivity index (χ2v) is 6.11. The molecule has 1 heterocycles. The summed E-state index contributed by atoms with van der Waals surface area (Å²) in [6.45, 7) is 5.72. The average Bonchev–Trinajstić information content (AvgIpc) is 2.91. The van der Waals surface area contributed by atoms with E-state index in [9.17, 15) is 14.0 Å². The summed E-state index contributed by atoms with van der Waals surface area (Å²) in [4.78, 5) is 23.3. The van der Waals surface area contributed by atoms with E-state index in [4.69, 9.17) is 5.73 Å². The van der Waals surface area contributed by atoms with E-state index < -0.39 is 12.1 Å². The van der Waals surface area contributed by atoms with E-state index in [1.807, 2.05) is 20.8 Å². The number of hydrogen-bond acceptors (Lipinski definition) is 3. The Hall–Kier alpha value is -2.90. The maximum absolute atomic E-state index is 13.0. The Morgan fingerprint density at radius 3 is 2.48 bits per heavy atom. The highest BCUT2D eigenvalue weighted by atomic mass is 19.1. The molecule has 1 aromatic heterocycles. The number of aromatic nitrogens is 2. The topological polar surface area (TPSA) is 102 Å². The largest absolute Gasteiger partial charge is 0.352 e. The lowest BCUT2D eigenvalue weighted by molar-refractivity contribution is -0.124. The monoisotopic (exact) mass is 347 g/mol. The number of nitrogens with zero attached hydrogens (tertiary/aromatic N) is 2. The minimum Gasteiger partial charge on any atom is -0.352 e. The summed E-state index contributed by atoms with van der Waals surface area (Å²) >= 11 is 0. The van der Waals surface area contributed by atoms with Crippen LogP contribution in [0.5, 0.6) is 0 Å². The zero-order valence-electron chi connectivity index (χ0n) is 14.4. The van der Waals surface area contributed by atoms with Crippen molar-refractivity contribution in [1.82, 2.24) is 20.4 Å². The van der Waals surface area contributed by atoms with Crippen LogP contribution in [0.25, 0.3) is 5.69 Å². The molecule has 0 unspecified atom stereocenters. The number of amides is 3. The van der Waals surface area contributed by atoms with Crippen LogP contribution >= 0.6 is 0 Å². The molecule has 1 atom stereocenters. The van der Waals surface area contributed by atoms with Gasteiger partial charge in [-0.1, -0.05) is 13.8 Å². The summed E-state index contributed by atoms with van der Waals surface area (Å²) in [5.41, 5.74) is 7.39. The number of halogens is 1. The minimum absolute atomic E-state index is 0.101. The van der Waals surface area contributed by atoms with Gasteiger partial charge in [-0.25, -0.2) is 13.9 Å². The van der Waals surface area contributed by atoms with Gasteiger partial charge >= 0.3 is 6.03 Å². The van der Waals surface area contributed by atoms with Gasteiger partial charge < -0.3 is 16.4 Å². The first-order valence-corrected chi connectivity index (χ1v) is 7.92. The highest BCUT2D eigenvalue weighted by Crippen LogP contribution is 2.13. The van der Waals surface area contributed by atoms with Gasteiger partial charge in [0.15, 0.2) is 0 Å². The number of carbonyl (C=O) groups excluding carboxylic acids is 2. The number of hydrogen-bond donors (Lipinski definition) is 3. The van der Waals surface area contributed by atoms with Crippen molar-refractivity contribution < 1.29 is 14.0 Å². The molecule has 0 saturated heterocycles. The second kappa shape index (κ2) is 7.78. The van der Waals surface area contributed by atoms with Gasteiger partial charge in [0.2, 0.25) is 5.91 Å². The molecule has 0 fully saturated rings. The van der Waals surface area contributed by atoms with Crippen LogP contribution in [0.3, 0.4) is 0 Å². The Morgan fingerprint density at radius 2 is 1.92 bits per heavy atom. The molecule has 2 rings (SSSR count). The molecule has 0 aliphatic carbocycles. The first-order chi connectivity index (χ1) is 11.8. The van der Waals surface area contributed by atoms with Crippen molar-refractivity contribution in [3.63, 3.8) is 0 Å². The highest BCUT2D eigenvalue weighted by molar-refractivity contribution is 5.86. The summed E-state index contributed by atoms with van der Waals surface area (Å²) in [7, 11) is 0. The van der Waals surface area contributed by atoms with Gasteiger partial charge in [0, 0.05) is 18.3 Å². The second-order valence-electron chi connectivity index (χ2n) is 6.11. The molecule has 4 N–H and O–H groups in total. The molecule has 0 aliphatic heterocycles. The Labute approximate surface area is 145 Å². The predicted octanol–water partition coefficient (Wildman–Crippen LogP) is 1.63. The van der Waals surface area contributed by atoms with E-state index in [1.54, 1.807) is 23.0 Å². The van der Waals surface area contributed by atoms with Crippen molar-refractivity contribution in [2.75, 3.05) is 0 Å². The zero-order chi connectivity index (χ0) is 18.6. The van der Waals surface area contributed by atoms with E-state index in [0.29, 0.717) is 0 Å². The average molecular weight is 347 g/mol. The fourth-order valence-electron chi connectivity index (χ4n) is 2.38. The number of benzene rings is 1. The number of nitrogens with one attached hydrogen (secondary N) is 2. The first-order valence-electron chi connectivity index (χ1n) is 7.92. The van der Waals surface area contributed by atoms with Crippen molar-refractivity contribution in [2.45, 2.75) is 33.4 Å². The fourth-order valence-corrected chi connectivity index (χ4v) is 2.38. The van der Waals surface area contributed by atoms with E-state index in [1.165, 1.54) is 12.1 Å². The Balaban J connectivity index is 2.06. The lowest BCUT2D eigenvalue weighted by Gasteiger charge is -2.20. The molecule has 7 nitrogen and oxygen atoms in total. The molecule has 25 heavy (non-hydrogen) atoms. The van der Waals surface area contributed by atoms with E-state index in [-0.39, 0.29) is 24.2 Å². The summed E-state index contributed by atoms with van der Waals surface area (Å²) < 4.78 is 14.6. The molecule has 1 aromatic carbocycles. The third kappa shape index (κ3) is 4.79. The number of aryl methyl sites for hydroxylation is 1. The molecule has 3 amide bonds. The van der Waals surface area contributed by atoms with Crippen LogP contribution in [0.2, 0.25) is 0 Å². The van der Waals surface area contributed by atoms with Crippen molar-refractivity contribution in [2.24, 2.45) is 11.7 Å². The number of rotatable bonds is 6. The first kappa shape index (κ1) is 18.4. The van der Waals surface area contributed by atoms with Gasteiger partial charge in [-0.15, -0.1) is 0 Å². The molecule has 8 heteroatoms. The van der Waals surface area contributed by atoms with E-state index in [0.717, 1.165) is 16.9 Å². The van der Waals surface area contributed by atoms with E-state index >= 15 is 0 Å². The molecule has 0 saturated carbocycles. The lowest BCUT2D eigenvalue weighted by Crippen LogP contribution is -2.51. The number of primary amides is 1. The number of carbonyl (C=O) groups is 2. The summed E-state index contributed by atoms with van der Waals surface area (Å²) in [6.07, 6.45) is 1.77. The summed E-state index contributed by atoms with van der Waals surface area (Å²) in [5, 5.41) is 9.58. The SMILES string of the molecule is Cc1nn(-c2ccc(F)cc2)cc1CNC(=O)[C@@H](NC(N)=O)C(C)C. The fraction of sp³-hybridized carbons (Fsp3) is 0.353. The van der Waals surface area contributed by atoms with Crippen molar-refractivity contribution in [1.29, 1.82) is 0 Å². The molecule has 2 aromatic rings. The smallest absolute Gasteiger partial charge is 0.312 e. The Kier molecular flexibility index (Phi) is 5.74. The van der Waals surface area contributed by atoms with Gasteiger partial charge in [0.25, 0.3) is 0 Å². The quantitative estimate of drug-likeness (QED) is 0.740. The van der Waals surface area contributed by atoms with Gasteiger partial charge in [0.1, 0.15) is 11.9 Å². The Morgan fingerprint density at radius 1 is 1.28 bits per heavy atom. The maximum Gasteiger partial charge on any atom is 0.312 e. The maximum atomic E-state index is 13.0. The Bertz CT molecular complexity index is 755. The highest BCUT2D eigenvalue weighted by Gasteiger charge is 2.23. The zero-order valence-corrected chi connectivity index (χ0v) is 14.4. The molecule has 0 aliphatic rings.